The summed E-state index contributed by atoms with van der Waals surface area (Å²) in [5.41, 5.74) is 2.16. The highest BCUT2D eigenvalue weighted by atomic mass is 19.1. The highest BCUT2D eigenvalue weighted by molar-refractivity contribution is 5.91. The van der Waals surface area contributed by atoms with Crippen molar-refractivity contribution in [1.82, 2.24) is 4.90 Å². The number of nitrogens with zero attached hydrogens (tertiary/aromatic N) is 2. The van der Waals surface area contributed by atoms with Crippen LogP contribution in [0.15, 0.2) is 48.5 Å². The topological polar surface area (TPSA) is 66.9 Å². The molecule has 0 spiro atoms. The van der Waals surface area contributed by atoms with E-state index in [-0.39, 0.29) is 55.2 Å². The van der Waals surface area contributed by atoms with E-state index in [2.05, 4.69) is 0 Å². The van der Waals surface area contributed by atoms with E-state index in [1.807, 2.05) is 35.2 Å². The smallest absolute Gasteiger partial charge is 0.414 e. The standard InChI is InChI=1S/C28H31FN2O4/c1-18(32)10-15-26(33)30(21-12-13-21)27-22-8-5-9-24(22)31(25-16-20(29)11-14-23(25)27)28(34)35-17-19-6-3-2-4-7-19/h2-4,6-7,11,14,16,21-22,24,27H,5,8-10,12-13,15,17H2,1H3. The van der Waals surface area contributed by atoms with Gasteiger partial charge in [0.1, 0.15) is 18.2 Å². The number of hydrogen-bond acceptors (Lipinski definition) is 4. The van der Waals surface area contributed by atoms with Crippen molar-refractivity contribution in [2.75, 3.05) is 4.90 Å². The van der Waals surface area contributed by atoms with Crippen molar-refractivity contribution in [3.05, 3.63) is 65.5 Å². The molecule has 2 aromatic rings. The van der Waals surface area contributed by atoms with E-state index in [1.54, 1.807) is 11.0 Å². The van der Waals surface area contributed by atoms with Crippen LogP contribution < -0.4 is 4.90 Å². The second-order valence-corrected chi connectivity index (χ2v) is 9.95. The molecule has 2 saturated carbocycles. The van der Waals surface area contributed by atoms with Gasteiger partial charge in [0.25, 0.3) is 0 Å². The summed E-state index contributed by atoms with van der Waals surface area (Å²) in [5, 5.41) is 0. The molecule has 0 aromatic heterocycles. The molecule has 2 amide bonds. The largest absolute Gasteiger partial charge is 0.444 e. The first-order valence-electron chi connectivity index (χ1n) is 12.5. The lowest BCUT2D eigenvalue weighted by Crippen LogP contribution is -2.53. The number of ether oxygens (including phenoxy) is 1. The Balaban J connectivity index is 1.49. The van der Waals surface area contributed by atoms with Crippen molar-refractivity contribution in [3.63, 3.8) is 0 Å². The van der Waals surface area contributed by atoms with Crippen LogP contribution in [0.5, 0.6) is 0 Å². The van der Waals surface area contributed by atoms with Crippen LogP contribution >= 0.6 is 0 Å². The number of halogens is 1. The fraction of sp³-hybridized carbons (Fsp3) is 0.464. The molecule has 3 aliphatic rings. The molecule has 0 N–H and O–H groups in total. The average Bonchev–Trinajstić information content (AvgIpc) is 3.57. The van der Waals surface area contributed by atoms with Gasteiger partial charge in [0.15, 0.2) is 0 Å². The van der Waals surface area contributed by atoms with Gasteiger partial charge in [-0.2, -0.15) is 0 Å². The summed E-state index contributed by atoms with van der Waals surface area (Å²) in [6, 6.07) is 13.7. The molecule has 6 nitrogen and oxygen atoms in total. The Labute approximate surface area is 205 Å². The van der Waals surface area contributed by atoms with Crippen LogP contribution in [0, 0.1) is 11.7 Å². The van der Waals surface area contributed by atoms with Gasteiger partial charge in [-0.25, -0.2) is 9.18 Å². The summed E-state index contributed by atoms with van der Waals surface area (Å²) >= 11 is 0. The molecule has 35 heavy (non-hydrogen) atoms. The lowest BCUT2D eigenvalue weighted by atomic mass is 9.81. The molecule has 1 aliphatic heterocycles. The van der Waals surface area contributed by atoms with Crippen LogP contribution in [-0.4, -0.2) is 34.8 Å². The summed E-state index contributed by atoms with van der Waals surface area (Å²) < 4.78 is 20.2. The summed E-state index contributed by atoms with van der Waals surface area (Å²) in [7, 11) is 0. The molecule has 0 radical (unpaired) electrons. The second-order valence-electron chi connectivity index (χ2n) is 9.95. The van der Waals surface area contributed by atoms with Gasteiger partial charge in [-0.3, -0.25) is 9.69 Å². The number of amides is 2. The SMILES string of the molecule is CC(=O)CCC(=O)N(C1CC1)C1c2ccc(F)cc2N(C(=O)OCc2ccccc2)C2CCCC21. The van der Waals surface area contributed by atoms with Crippen LogP contribution in [-0.2, 0) is 20.9 Å². The lowest BCUT2D eigenvalue weighted by Gasteiger charge is -2.47. The quantitative estimate of drug-likeness (QED) is 0.523. The first-order chi connectivity index (χ1) is 16.9. The van der Waals surface area contributed by atoms with Crippen LogP contribution in [0.25, 0.3) is 0 Å². The maximum Gasteiger partial charge on any atom is 0.414 e. The molecular weight excluding hydrogens is 447 g/mol. The number of carbonyl (C=O) groups excluding carboxylic acids is 3. The van der Waals surface area contributed by atoms with E-state index in [0.717, 1.165) is 43.2 Å². The minimum Gasteiger partial charge on any atom is -0.444 e. The van der Waals surface area contributed by atoms with Gasteiger partial charge < -0.3 is 14.4 Å². The van der Waals surface area contributed by atoms with Crippen molar-refractivity contribution in [3.8, 4) is 0 Å². The number of carbonyl (C=O) groups is 3. The van der Waals surface area contributed by atoms with Gasteiger partial charge >= 0.3 is 6.09 Å². The Hall–Kier alpha value is -3.22. The Morgan fingerprint density at radius 3 is 2.51 bits per heavy atom. The molecule has 3 unspecified atom stereocenters. The minimum absolute atomic E-state index is 0.00806. The van der Waals surface area contributed by atoms with E-state index < -0.39 is 11.9 Å². The number of anilines is 1. The monoisotopic (exact) mass is 478 g/mol. The third-order valence-electron chi connectivity index (χ3n) is 7.46. The van der Waals surface area contributed by atoms with E-state index in [9.17, 15) is 18.8 Å². The Morgan fingerprint density at radius 2 is 1.80 bits per heavy atom. The van der Waals surface area contributed by atoms with E-state index in [0.29, 0.717) is 5.69 Å². The Kier molecular flexibility index (Phi) is 6.58. The maximum absolute atomic E-state index is 14.5. The molecule has 0 bridgehead atoms. The summed E-state index contributed by atoms with van der Waals surface area (Å²) in [5.74, 6) is -0.431. The van der Waals surface area contributed by atoms with E-state index >= 15 is 0 Å². The van der Waals surface area contributed by atoms with Gasteiger partial charge in [-0.15, -0.1) is 0 Å². The zero-order valence-electron chi connectivity index (χ0n) is 20.0. The average molecular weight is 479 g/mol. The second kappa shape index (κ2) is 9.80. The van der Waals surface area contributed by atoms with Crippen molar-refractivity contribution in [2.24, 2.45) is 5.92 Å². The van der Waals surface area contributed by atoms with Crippen molar-refractivity contribution < 1.29 is 23.5 Å². The summed E-state index contributed by atoms with van der Waals surface area (Å²) in [6.07, 6.45) is 4.34. The molecule has 0 saturated heterocycles. The number of benzene rings is 2. The zero-order chi connectivity index (χ0) is 24.5. The fourth-order valence-electron chi connectivity index (χ4n) is 5.77. The summed E-state index contributed by atoms with van der Waals surface area (Å²) in [4.78, 5) is 41.9. The van der Waals surface area contributed by atoms with Gasteiger partial charge in [-0.05, 0) is 55.9 Å². The zero-order valence-corrected chi connectivity index (χ0v) is 20.0. The highest BCUT2D eigenvalue weighted by Crippen LogP contribution is 2.53. The number of hydrogen-bond donors (Lipinski definition) is 0. The fourth-order valence-corrected chi connectivity index (χ4v) is 5.77. The van der Waals surface area contributed by atoms with Crippen molar-refractivity contribution in [1.29, 1.82) is 0 Å². The van der Waals surface area contributed by atoms with Crippen molar-refractivity contribution in [2.45, 2.75) is 76.6 Å². The summed E-state index contributed by atoms with van der Waals surface area (Å²) in [6.45, 7) is 1.64. The minimum atomic E-state index is -0.489. The van der Waals surface area contributed by atoms with Crippen LogP contribution in [0.1, 0.15) is 69.0 Å². The number of fused-ring (bicyclic) bond motifs is 2. The predicted octanol–water partition coefficient (Wildman–Crippen LogP) is 5.55. The normalized spacial score (nSPS) is 22.8. The number of rotatable bonds is 7. The van der Waals surface area contributed by atoms with Crippen LogP contribution in [0.3, 0.4) is 0 Å². The molecule has 5 rings (SSSR count). The predicted molar refractivity (Wildman–Crippen MR) is 129 cm³/mol. The van der Waals surface area contributed by atoms with Gasteiger partial charge in [0.05, 0.1) is 11.7 Å². The maximum atomic E-state index is 14.5. The molecule has 2 aliphatic carbocycles. The van der Waals surface area contributed by atoms with Gasteiger partial charge in [0, 0.05) is 30.8 Å². The molecule has 184 valence electrons. The number of ketones is 1. The van der Waals surface area contributed by atoms with Gasteiger partial charge in [-0.1, -0.05) is 42.8 Å². The van der Waals surface area contributed by atoms with Crippen molar-refractivity contribution >= 4 is 23.5 Å². The molecule has 3 atom stereocenters. The molecule has 1 heterocycles. The molecule has 2 aromatic carbocycles. The number of Topliss-reactive ketones (excluding diaryl/α,β-unsaturated/α-hetero) is 1. The first kappa shape index (κ1) is 23.5. The van der Waals surface area contributed by atoms with Gasteiger partial charge in [0.2, 0.25) is 5.91 Å². The third-order valence-corrected chi connectivity index (χ3v) is 7.46. The van der Waals surface area contributed by atoms with E-state index in [1.165, 1.54) is 19.1 Å². The lowest BCUT2D eigenvalue weighted by molar-refractivity contribution is -0.137. The van der Waals surface area contributed by atoms with Crippen LogP contribution in [0.2, 0.25) is 0 Å². The van der Waals surface area contributed by atoms with Crippen LogP contribution in [0.4, 0.5) is 14.9 Å². The highest BCUT2D eigenvalue weighted by Gasteiger charge is 2.51. The Bertz CT molecular complexity index is 1120. The molecule has 7 heteroatoms. The molecular formula is C28H31FN2O4. The first-order valence-corrected chi connectivity index (χ1v) is 12.5. The van der Waals surface area contributed by atoms with E-state index in [4.69, 9.17) is 4.74 Å². The third kappa shape index (κ3) is 4.81. The Morgan fingerprint density at radius 1 is 1.03 bits per heavy atom. The molecule has 2 fully saturated rings.